The Hall–Kier alpha value is -2.76. The monoisotopic (exact) mass is 508 g/mol. The van der Waals surface area contributed by atoms with E-state index in [0.717, 1.165) is 6.42 Å². The Morgan fingerprint density at radius 1 is 1.20 bits per heavy atom. The topological polar surface area (TPSA) is 76.2 Å². The minimum absolute atomic E-state index is 0.161. The van der Waals surface area contributed by atoms with Crippen molar-refractivity contribution in [1.29, 1.82) is 0 Å². The van der Waals surface area contributed by atoms with Gasteiger partial charge in [0, 0.05) is 19.7 Å². The molecule has 5 rings (SSSR count). The number of carbonyl (C=O) groups is 3. The quantitative estimate of drug-likeness (QED) is 0.437. The molecule has 0 N–H and O–H groups in total. The van der Waals surface area contributed by atoms with Crippen molar-refractivity contribution in [1.82, 2.24) is 9.80 Å². The average molecular weight is 509 g/mol. The summed E-state index contributed by atoms with van der Waals surface area (Å²) in [6, 6.07) is 6.03. The van der Waals surface area contributed by atoms with E-state index in [1.807, 2.05) is 0 Å². The number of Topliss-reactive ketones (excluding diaryl/α,β-unsaturated/α-hetero) is 2. The molecule has 4 atom stereocenters. The largest absolute Gasteiger partial charge is 0.573 e. The molecule has 0 radical (unpaired) electrons. The van der Waals surface area contributed by atoms with Gasteiger partial charge < -0.3 is 14.4 Å². The maximum atomic E-state index is 13.5. The number of halogens is 3. The first-order valence-electron chi connectivity index (χ1n) is 11.3. The number of ether oxygens (including phenoxy) is 2. The summed E-state index contributed by atoms with van der Waals surface area (Å²) in [5.41, 5.74) is 1.21. The minimum atomic E-state index is -4.83. The predicted molar refractivity (Wildman–Crippen MR) is 119 cm³/mol. The highest BCUT2D eigenvalue weighted by atomic mass is 32.1. The van der Waals surface area contributed by atoms with Gasteiger partial charge in [-0.05, 0) is 54.0 Å². The standard InChI is InChI=1S/C24H23F3N2O5S/c1-33-22-15-10-14(34-24(25,26)27)8-7-13(15)11-29-20(22)16-4-2-5-17(23(29)32)28(16)12-18(30)21(31)19-6-3-9-35-19/h3,6-10,16-17,20,22H,2,4-5,11-12H2,1H3/t16?,17?,20-,22-/m0/s1. The average Bonchev–Trinajstić information content (AvgIpc) is 3.35. The van der Waals surface area contributed by atoms with Crippen molar-refractivity contribution in [3.05, 3.63) is 51.7 Å². The van der Waals surface area contributed by atoms with Gasteiger partial charge in [0.15, 0.2) is 0 Å². The summed E-state index contributed by atoms with van der Waals surface area (Å²) in [7, 11) is 1.45. The highest BCUT2D eigenvalue weighted by Gasteiger charge is 2.54. The van der Waals surface area contributed by atoms with E-state index in [1.165, 1.54) is 36.6 Å². The van der Waals surface area contributed by atoms with Crippen molar-refractivity contribution < 1.29 is 37.0 Å². The zero-order valence-corrected chi connectivity index (χ0v) is 19.6. The van der Waals surface area contributed by atoms with Crippen molar-refractivity contribution >= 4 is 28.8 Å². The molecule has 2 unspecified atom stereocenters. The van der Waals surface area contributed by atoms with Gasteiger partial charge >= 0.3 is 6.36 Å². The summed E-state index contributed by atoms with van der Waals surface area (Å²) in [4.78, 5) is 42.9. The van der Waals surface area contributed by atoms with Crippen LogP contribution in [0.25, 0.3) is 0 Å². The first-order valence-corrected chi connectivity index (χ1v) is 12.1. The van der Waals surface area contributed by atoms with E-state index in [1.54, 1.807) is 27.3 Å². The second-order valence-electron chi connectivity index (χ2n) is 8.94. The summed E-state index contributed by atoms with van der Waals surface area (Å²) >= 11 is 1.19. The molecule has 0 saturated carbocycles. The molecule has 3 aliphatic rings. The van der Waals surface area contributed by atoms with Crippen molar-refractivity contribution in [3.8, 4) is 5.75 Å². The van der Waals surface area contributed by atoms with Gasteiger partial charge in [0.25, 0.3) is 0 Å². The molecule has 0 aliphatic carbocycles. The number of amides is 1. The van der Waals surface area contributed by atoms with Crippen LogP contribution in [0.2, 0.25) is 0 Å². The molecular weight excluding hydrogens is 485 g/mol. The van der Waals surface area contributed by atoms with E-state index >= 15 is 0 Å². The van der Waals surface area contributed by atoms with Crippen LogP contribution in [0, 0.1) is 0 Å². The third kappa shape index (κ3) is 4.36. The predicted octanol–water partition coefficient (Wildman–Crippen LogP) is 3.73. The van der Waals surface area contributed by atoms with Crippen molar-refractivity contribution in [2.45, 2.75) is 56.4 Å². The zero-order chi connectivity index (χ0) is 24.9. The molecule has 4 heterocycles. The van der Waals surface area contributed by atoms with E-state index in [2.05, 4.69) is 4.74 Å². The summed E-state index contributed by atoms with van der Waals surface area (Å²) in [6.07, 6.45) is -3.55. The number of carbonyl (C=O) groups excluding carboxylic acids is 3. The van der Waals surface area contributed by atoms with Gasteiger partial charge in [-0.25, -0.2) is 0 Å². The first kappa shape index (κ1) is 24.0. The number of benzene rings is 1. The van der Waals surface area contributed by atoms with E-state index in [9.17, 15) is 27.6 Å². The second-order valence-corrected chi connectivity index (χ2v) is 9.89. The van der Waals surface area contributed by atoms with Gasteiger partial charge in [-0.1, -0.05) is 12.1 Å². The van der Waals surface area contributed by atoms with Crippen molar-refractivity contribution in [2.75, 3.05) is 13.7 Å². The molecule has 7 nitrogen and oxygen atoms in total. The Kier molecular flexibility index (Phi) is 6.18. The molecule has 35 heavy (non-hydrogen) atoms. The second kappa shape index (κ2) is 9.03. The molecule has 0 spiro atoms. The van der Waals surface area contributed by atoms with Gasteiger partial charge in [-0.2, -0.15) is 0 Å². The normalized spacial score (nSPS) is 26.2. The highest BCUT2D eigenvalue weighted by molar-refractivity contribution is 7.13. The minimum Gasteiger partial charge on any atom is -0.406 e. The molecular formula is C24H23F3N2O5S. The summed E-state index contributed by atoms with van der Waals surface area (Å²) in [5.74, 6) is -1.69. The Bertz CT molecular complexity index is 1150. The zero-order valence-electron chi connectivity index (χ0n) is 18.8. The fourth-order valence-corrected chi connectivity index (χ4v) is 6.31. The van der Waals surface area contributed by atoms with E-state index in [-0.39, 0.29) is 30.8 Å². The Morgan fingerprint density at radius 3 is 2.69 bits per heavy atom. The number of rotatable bonds is 6. The van der Waals surface area contributed by atoms with Crippen LogP contribution < -0.4 is 4.74 Å². The highest BCUT2D eigenvalue weighted by Crippen LogP contribution is 2.45. The molecule has 2 aromatic rings. The van der Waals surface area contributed by atoms with Crippen LogP contribution in [0.5, 0.6) is 5.75 Å². The number of piperidine rings is 1. The fraction of sp³-hybridized carbons (Fsp3) is 0.458. The lowest BCUT2D eigenvalue weighted by molar-refractivity contribution is -0.274. The summed E-state index contributed by atoms with van der Waals surface area (Å²) in [6.45, 7) is 0.0383. The van der Waals surface area contributed by atoms with Crippen LogP contribution >= 0.6 is 11.3 Å². The third-order valence-corrected chi connectivity index (χ3v) is 7.88. The number of alkyl halides is 3. The molecule has 2 bridgehead atoms. The molecule has 186 valence electrons. The fourth-order valence-electron chi connectivity index (χ4n) is 5.63. The van der Waals surface area contributed by atoms with Crippen LogP contribution in [-0.2, 0) is 20.9 Å². The number of nitrogens with zero attached hydrogens (tertiary/aromatic N) is 2. The maximum Gasteiger partial charge on any atom is 0.573 e. The van der Waals surface area contributed by atoms with Crippen molar-refractivity contribution in [3.63, 3.8) is 0 Å². The van der Waals surface area contributed by atoms with Crippen LogP contribution in [-0.4, -0.2) is 65.4 Å². The van der Waals surface area contributed by atoms with Crippen molar-refractivity contribution in [2.24, 2.45) is 0 Å². The number of piperazine rings is 1. The van der Waals surface area contributed by atoms with E-state index in [4.69, 9.17) is 4.74 Å². The van der Waals surface area contributed by atoms with E-state index in [0.29, 0.717) is 28.8 Å². The van der Waals surface area contributed by atoms with Crippen LogP contribution in [0.4, 0.5) is 13.2 Å². The summed E-state index contributed by atoms with van der Waals surface area (Å²) < 4.78 is 48.3. The molecule has 3 aliphatic heterocycles. The van der Waals surface area contributed by atoms with Gasteiger partial charge in [-0.15, -0.1) is 24.5 Å². The number of hydrogen-bond donors (Lipinski definition) is 0. The number of thiophene rings is 1. The van der Waals surface area contributed by atoms with Gasteiger partial charge in [0.05, 0.1) is 23.5 Å². The van der Waals surface area contributed by atoms with Crippen LogP contribution in [0.3, 0.4) is 0 Å². The molecule has 1 amide bonds. The van der Waals surface area contributed by atoms with Gasteiger partial charge in [0.1, 0.15) is 11.9 Å². The maximum absolute atomic E-state index is 13.5. The van der Waals surface area contributed by atoms with Crippen LogP contribution in [0.15, 0.2) is 35.7 Å². The number of fused-ring (bicyclic) bond motifs is 5. The number of ketones is 2. The van der Waals surface area contributed by atoms with Gasteiger partial charge in [-0.3, -0.25) is 19.3 Å². The smallest absolute Gasteiger partial charge is 0.406 e. The Morgan fingerprint density at radius 2 is 2.00 bits per heavy atom. The first-order chi connectivity index (χ1) is 16.7. The van der Waals surface area contributed by atoms with Gasteiger partial charge in [0.2, 0.25) is 17.5 Å². The number of hydrogen-bond acceptors (Lipinski definition) is 7. The van der Waals surface area contributed by atoms with Crippen LogP contribution in [0.1, 0.15) is 46.2 Å². The molecule has 11 heteroatoms. The number of methoxy groups -OCH3 is 1. The van der Waals surface area contributed by atoms with E-state index < -0.39 is 36.1 Å². The molecule has 2 fully saturated rings. The molecule has 1 aromatic carbocycles. The lowest BCUT2D eigenvalue weighted by atomic mass is 9.78. The summed E-state index contributed by atoms with van der Waals surface area (Å²) in [5, 5.41) is 1.72. The third-order valence-electron chi connectivity index (χ3n) is 7.01. The lowest BCUT2D eigenvalue weighted by Gasteiger charge is -2.57. The Balaban J connectivity index is 1.47. The Labute approximate surface area is 203 Å². The molecule has 2 saturated heterocycles. The SMILES string of the molecule is CO[C@H]1c2cc(OC(F)(F)F)ccc2CN2C(=O)C3CCCC([C@@H]12)N3CC(=O)C(=O)c1cccs1. The lowest BCUT2D eigenvalue weighted by Crippen LogP contribution is -2.71. The molecule has 1 aromatic heterocycles.